The number of methoxy groups -OCH3 is 1. The predicted octanol–water partition coefficient (Wildman–Crippen LogP) is 4.01. The molecule has 0 aliphatic carbocycles. The van der Waals surface area contributed by atoms with Crippen LogP contribution in [0.1, 0.15) is 16.7 Å². The first-order valence-electron chi connectivity index (χ1n) is 9.63. The zero-order valence-electron chi connectivity index (χ0n) is 17.0. The van der Waals surface area contributed by atoms with Crippen LogP contribution in [0, 0.1) is 0 Å². The number of nitrogens with zero attached hydrogens (tertiary/aromatic N) is 1. The van der Waals surface area contributed by atoms with Gasteiger partial charge in [0.15, 0.2) is 11.5 Å². The van der Waals surface area contributed by atoms with Crippen molar-refractivity contribution in [3.8, 4) is 11.5 Å². The van der Waals surface area contributed by atoms with Crippen molar-refractivity contribution < 1.29 is 19.1 Å². The number of carbonyl (C=O) groups excluding carboxylic acids is 2. The Hall–Kier alpha value is -4.19. The monoisotopic (exact) mass is 414 g/mol. The van der Waals surface area contributed by atoms with Gasteiger partial charge in [0, 0.05) is 6.08 Å². The third-order valence-electron chi connectivity index (χ3n) is 4.22. The van der Waals surface area contributed by atoms with Crippen molar-refractivity contribution in [2.75, 3.05) is 7.11 Å². The number of carbonyl (C=O) groups is 2. The van der Waals surface area contributed by atoms with Crippen LogP contribution in [0.15, 0.2) is 90.0 Å². The molecule has 1 amide bonds. The molecule has 0 spiro atoms. The maximum atomic E-state index is 12.1. The van der Waals surface area contributed by atoms with Crippen molar-refractivity contribution in [2.24, 2.45) is 5.10 Å². The standard InChI is InChI=1S/C25H22N2O4/c1-30-23-16-21(18-26-27-24(28)17-20-10-6-3-7-11-20)12-14-22(23)31-25(29)15-13-19-8-4-2-5-9-19/h2-16,18H,17H2,1H3,(H,27,28). The highest BCUT2D eigenvalue weighted by Gasteiger charge is 2.09. The summed E-state index contributed by atoms with van der Waals surface area (Å²) >= 11 is 0. The lowest BCUT2D eigenvalue weighted by Crippen LogP contribution is -2.19. The molecule has 0 unspecified atom stereocenters. The molecule has 0 heterocycles. The molecule has 3 rings (SSSR count). The van der Waals surface area contributed by atoms with E-state index in [-0.39, 0.29) is 18.1 Å². The van der Waals surface area contributed by atoms with E-state index in [0.717, 1.165) is 11.1 Å². The Morgan fingerprint density at radius 2 is 1.61 bits per heavy atom. The smallest absolute Gasteiger partial charge is 0.336 e. The molecule has 156 valence electrons. The molecule has 1 N–H and O–H groups in total. The summed E-state index contributed by atoms with van der Waals surface area (Å²) in [5.74, 6) is -0.0709. The molecule has 31 heavy (non-hydrogen) atoms. The Morgan fingerprint density at radius 3 is 2.32 bits per heavy atom. The van der Waals surface area contributed by atoms with Gasteiger partial charge in [-0.1, -0.05) is 60.7 Å². The molecule has 0 fully saturated rings. The van der Waals surface area contributed by atoms with E-state index in [0.29, 0.717) is 11.3 Å². The molecule has 0 aromatic heterocycles. The Balaban J connectivity index is 1.57. The first kappa shape index (κ1) is 21.5. The number of nitrogens with one attached hydrogen (secondary N) is 1. The minimum absolute atomic E-state index is 0.217. The molecule has 0 atom stereocenters. The van der Waals surface area contributed by atoms with Gasteiger partial charge < -0.3 is 9.47 Å². The van der Waals surface area contributed by atoms with Crippen LogP contribution in [0.4, 0.5) is 0 Å². The van der Waals surface area contributed by atoms with Crippen molar-refractivity contribution in [3.05, 3.63) is 102 Å². The summed E-state index contributed by atoms with van der Waals surface area (Å²) in [4.78, 5) is 24.0. The molecule has 3 aromatic rings. The normalized spacial score (nSPS) is 10.9. The van der Waals surface area contributed by atoms with E-state index in [1.54, 1.807) is 24.3 Å². The highest BCUT2D eigenvalue weighted by Crippen LogP contribution is 2.27. The van der Waals surface area contributed by atoms with Gasteiger partial charge in [0.1, 0.15) is 0 Å². The molecule has 0 aliphatic heterocycles. The maximum Gasteiger partial charge on any atom is 0.336 e. The molecule has 0 aliphatic rings. The molecule has 0 bridgehead atoms. The third-order valence-corrected chi connectivity index (χ3v) is 4.22. The van der Waals surface area contributed by atoms with Crippen LogP contribution in [0.3, 0.4) is 0 Å². The molecular weight excluding hydrogens is 392 g/mol. The second-order valence-corrected chi connectivity index (χ2v) is 6.53. The average Bonchev–Trinajstić information content (AvgIpc) is 2.80. The number of hydrogen-bond donors (Lipinski definition) is 1. The van der Waals surface area contributed by atoms with E-state index in [1.807, 2.05) is 60.7 Å². The van der Waals surface area contributed by atoms with Crippen LogP contribution in [-0.2, 0) is 16.0 Å². The zero-order valence-corrected chi connectivity index (χ0v) is 17.0. The van der Waals surface area contributed by atoms with Crippen molar-refractivity contribution >= 4 is 24.2 Å². The van der Waals surface area contributed by atoms with Gasteiger partial charge >= 0.3 is 5.97 Å². The van der Waals surface area contributed by atoms with E-state index in [9.17, 15) is 9.59 Å². The Kier molecular flexibility index (Phi) is 7.71. The number of ether oxygens (including phenoxy) is 2. The van der Waals surface area contributed by atoms with Crippen LogP contribution in [0.25, 0.3) is 6.08 Å². The maximum absolute atomic E-state index is 12.1. The fourth-order valence-electron chi connectivity index (χ4n) is 2.72. The van der Waals surface area contributed by atoms with E-state index in [4.69, 9.17) is 9.47 Å². The van der Waals surface area contributed by atoms with Crippen molar-refractivity contribution in [2.45, 2.75) is 6.42 Å². The predicted molar refractivity (Wildman–Crippen MR) is 120 cm³/mol. The average molecular weight is 414 g/mol. The minimum atomic E-state index is -0.517. The highest BCUT2D eigenvalue weighted by molar-refractivity contribution is 5.89. The molecule has 0 saturated heterocycles. The molecule has 6 nitrogen and oxygen atoms in total. The van der Waals surface area contributed by atoms with Crippen LogP contribution in [0.5, 0.6) is 11.5 Å². The first-order valence-corrected chi connectivity index (χ1v) is 9.63. The lowest BCUT2D eigenvalue weighted by molar-refractivity contribution is -0.129. The van der Waals surface area contributed by atoms with Crippen molar-refractivity contribution in [3.63, 3.8) is 0 Å². The molecular formula is C25H22N2O4. The molecule has 3 aromatic carbocycles. The molecule has 0 radical (unpaired) electrons. The lowest BCUT2D eigenvalue weighted by atomic mass is 10.1. The van der Waals surface area contributed by atoms with Crippen molar-refractivity contribution in [1.29, 1.82) is 0 Å². The van der Waals surface area contributed by atoms with E-state index in [2.05, 4.69) is 10.5 Å². The van der Waals surface area contributed by atoms with Crippen LogP contribution in [0.2, 0.25) is 0 Å². The van der Waals surface area contributed by atoms with E-state index in [1.165, 1.54) is 19.4 Å². The van der Waals surface area contributed by atoms with Gasteiger partial charge in [-0.2, -0.15) is 5.10 Å². The summed E-state index contributed by atoms with van der Waals surface area (Å²) in [6.07, 6.45) is 4.76. The summed E-state index contributed by atoms with van der Waals surface area (Å²) < 4.78 is 10.7. The number of benzene rings is 3. The van der Waals surface area contributed by atoms with Gasteiger partial charge in [0.05, 0.1) is 19.7 Å². The fraction of sp³-hybridized carbons (Fsp3) is 0.0800. The Bertz CT molecular complexity index is 1080. The van der Waals surface area contributed by atoms with Gasteiger partial charge in [-0.15, -0.1) is 0 Å². The van der Waals surface area contributed by atoms with Gasteiger partial charge in [0.25, 0.3) is 0 Å². The number of hydrazone groups is 1. The van der Waals surface area contributed by atoms with Gasteiger partial charge in [0.2, 0.25) is 5.91 Å². The zero-order chi connectivity index (χ0) is 21.9. The summed E-state index contributed by atoms with van der Waals surface area (Å²) in [7, 11) is 1.48. The van der Waals surface area contributed by atoms with E-state index >= 15 is 0 Å². The molecule has 6 heteroatoms. The van der Waals surface area contributed by atoms with Crippen LogP contribution < -0.4 is 14.9 Å². The summed E-state index contributed by atoms with van der Waals surface area (Å²) in [6, 6.07) is 23.8. The summed E-state index contributed by atoms with van der Waals surface area (Å²) in [5, 5.41) is 3.97. The second kappa shape index (κ2) is 11.1. The number of rotatable bonds is 8. The van der Waals surface area contributed by atoms with E-state index < -0.39 is 5.97 Å². The highest BCUT2D eigenvalue weighted by atomic mass is 16.6. The molecule has 0 saturated carbocycles. The number of amides is 1. The van der Waals surface area contributed by atoms with Crippen LogP contribution >= 0.6 is 0 Å². The van der Waals surface area contributed by atoms with Crippen LogP contribution in [-0.4, -0.2) is 25.2 Å². The fourth-order valence-corrected chi connectivity index (χ4v) is 2.72. The summed E-state index contributed by atoms with van der Waals surface area (Å²) in [6.45, 7) is 0. The number of hydrogen-bond acceptors (Lipinski definition) is 5. The van der Waals surface area contributed by atoms with Gasteiger partial charge in [-0.25, -0.2) is 10.2 Å². The first-order chi connectivity index (χ1) is 15.1. The quantitative estimate of drug-likeness (QED) is 0.199. The third kappa shape index (κ3) is 6.97. The summed E-state index contributed by atoms with van der Waals surface area (Å²) in [5.41, 5.74) is 4.97. The number of esters is 1. The lowest BCUT2D eigenvalue weighted by Gasteiger charge is -2.08. The SMILES string of the molecule is COc1cc(C=NNC(=O)Cc2ccccc2)ccc1OC(=O)C=Cc1ccccc1. The van der Waals surface area contributed by atoms with Crippen molar-refractivity contribution in [1.82, 2.24) is 5.43 Å². The largest absolute Gasteiger partial charge is 0.493 e. The van der Waals surface area contributed by atoms with Gasteiger partial charge in [-0.05, 0) is 41.0 Å². The Labute approximate surface area is 180 Å². The Morgan fingerprint density at radius 1 is 0.903 bits per heavy atom. The van der Waals surface area contributed by atoms with Gasteiger partial charge in [-0.3, -0.25) is 4.79 Å². The topological polar surface area (TPSA) is 77.0 Å². The second-order valence-electron chi connectivity index (χ2n) is 6.53. The minimum Gasteiger partial charge on any atom is -0.493 e.